The molecule has 0 radical (unpaired) electrons. The molecule has 0 aromatic rings. The van der Waals surface area contributed by atoms with E-state index in [-0.39, 0.29) is 25.4 Å². The first kappa shape index (κ1) is 37.8. The van der Waals surface area contributed by atoms with Crippen molar-refractivity contribution in [2.75, 3.05) is 71.0 Å². The Morgan fingerprint density at radius 2 is 1.43 bits per heavy atom. The summed E-state index contributed by atoms with van der Waals surface area (Å²) in [6.45, 7) is 2.84. The minimum absolute atomic E-state index is 0. The number of ether oxygens (including phenoxy) is 5. The third-order valence-electron chi connectivity index (χ3n) is 6.53. The second-order valence-electron chi connectivity index (χ2n) is 9.47. The largest absolute Gasteiger partial charge is 1.00 e. The number of aliphatic hydroxyl groups excluding tert-OH is 4. The SMILES string of the molecule is [Cl-].[NH2+]=C(CCCSSCCOCCOCCOCCOCCC(=O)NC1C(O)OC(CO)C(O)C1O)C1CCC1. The predicted molar refractivity (Wildman–Crippen MR) is 148 cm³/mol. The quantitative estimate of drug-likeness (QED) is 0.0361. The molecule has 2 aliphatic rings. The van der Waals surface area contributed by atoms with Gasteiger partial charge in [0.2, 0.25) is 5.91 Å². The number of nitrogens with one attached hydrogen (secondary N) is 1. The van der Waals surface area contributed by atoms with Crippen molar-refractivity contribution >= 4 is 33.2 Å². The highest BCUT2D eigenvalue weighted by Gasteiger charge is 2.44. The number of hydrogen-bond acceptors (Lipinski definition) is 12. The molecule has 5 unspecified atom stereocenters. The molecule has 236 valence electrons. The summed E-state index contributed by atoms with van der Waals surface area (Å²) in [5.41, 5.74) is 1.20. The summed E-state index contributed by atoms with van der Waals surface area (Å²) in [7, 11) is 3.71. The van der Waals surface area contributed by atoms with Crippen LogP contribution in [-0.2, 0) is 28.5 Å². The molecule has 0 bridgehead atoms. The number of amides is 1. The summed E-state index contributed by atoms with van der Waals surface area (Å²) >= 11 is 0. The molecule has 12 nitrogen and oxygen atoms in total. The van der Waals surface area contributed by atoms with Gasteiger partial charge in [0.25, 0.3) is 0 Å². The van der Waals surface area contributed by atoms with Crippen molar-refractivity contribution in [2.45, 2.75) is 69.2 Å². The summed E-state index contributed by atoms with van der Waals surface area (Å²) in [5, 5.41) is 47.4. The van der Waals surface area contributed by atoms with E-state index in [1.807, 2.05) is 21.6 Å². The van der Waals surface area contributed by atoms with Crippen molar-refractivity contribution in [1.29, 1.82) is 0 Å². The zero-order chi connectivity index (χ0) is 28.3. The average molecular weight is 635 g/mol. The molecule has 1 saturated carbocycles. The summed E-state index contributed by atoms with van der Waals surface area (Å²) in [6.07, 6.45) is 0.518. The standard InChI is InChI=1S/C25H46N2O10S2.ClH/c26-19(18-3-1-4-18)5-2-15-38-39-16-14-36-13-12-35-11-10-34-9-8-33-7-6-21(29)27-22-24(31)23(30)20(17-28)37-25(22)32;/h18,20,22-26,28,30-32H,1-17H2,(H,27,29);1H. The van der Waals surface area contributed by atoms with Crippen LogP contribution in [-0.4, -0.2) is 134 Å². The van der Waals surface area contributed by atoms with Crippen LogP contribution in [0.2, 0.25) is 0 Å². The minimum atomic E-state index is -1.55. The van der Waals surface area contributed by atoms with Crippen LogP contribution in [0.25, 0.3) is 0 Å². The van der Waals surface area contributed by atoms with Gasteiger partial charge in [-0.25, -0.2) is 0 Å². The fourth-order valence-electron chi connectivity index (χ4n) is 3.97. The summed E-state index contributed by atoms with van der Waals surface area (Å²) in [6, 6.07) is -1.21. The Hall–Kier alpha value is -0.230. The molecule has 0 spiro atoms. The number of halogens is 1. The van der Waals surface area contributed by atoms with Gasteiger partial charge in [0.05, 0.1) is 59.5 Å². The molecular weight excluding hydrogens is 588 g/mol. The Balaban J connectivity index is 0.00000800. The topological polar surface area (TPSA) is 182 Å². The smallest absolute Gasteiger partial charge is 0.222 e. The second kappa shape index (κ2) is 23.3. The van der Waals surface area contributed by atoms with E-state index in [2.05, 4.69) is 5.32 Å². The van der Waals surface area contributed by atoms with Crippen molar-refractivity contribution in [3.05, 3.63) is 0 Å². The van der Waals surface area contributed by atoms with Crippen molar-refractivity contribution in [1.82, 2.24) is 5.32 Å². The molecule has 5 atom stereocenters. The van der Waals surface area contributed by atoms with E-state index in [0.717, 1.165) is 24.3 Å². The van der Waals surface area contributed by atoms with Gasteiger partial charge in [-0.1, -0.05) is 28.0 Å². The molecule has 1 aliphatic heterocycles. The van der Waals surface area contributed by atoms with Crippen LogP contribution in [0, 0.1) is 5.92 Å². The average Bonchev–Trinajstić information content (AvgIpc) is 2.89. The molecule has 1 aliphatic carbocycles. The normalized spacial score (nSPS) is 24.8. The van der Waals surface area contributed by atoms with Crippen LogP contribution in [0.1, 0.15) is 38.5 Å². The summed E-state index contributed by atoms with van der Waals surface area (Å²) in [5.74, 6) is 2.27. The number of aliphatic hydroxyl groups is 4. The summed E-state index contributed by atoms with van der Waals surface area (Å²) < 4.78 is 26.8. The van der Waals surface area contributed by atoms with E-state index < -0.39 is 43.2 Å². The fraction of sp³-hybridized carbons (Fsp3) is 0.920. The Bertz CT molecular complexity index is 684. The summed E-state index contributed by atoms with van der Waals surface area (Å²) in [4.78, 5) is 12.0. The third-order valence-corrected chi connectivity index (χ3v) is 8.99. The van der Waals surface area contributed by atoms with Gasteiger partial charge in [-0.3, -0.25) is 10.2 Å². The van der Waals surface area contributed by atoms with E-state index in [4.69, 9.17) is 34.2 Å². The molecule has 0 aromatic carbocycles. The monoisotopic (exact) mass is 634 g/mol. The molecule has 1 saturated heterocycles. The highest BCUT2D eigenvalue weighted by Crippen LogP contribution is 2.28. The molecule has 1 heterocycles. The fourth-order valence-corrected chi connectivity index (χ4v) is 5.92. The maximum atomic E-state index is 12.0. The number of carbonyl (C=O) groups is 1. The van der Waals surface area contributed by atoms with Crippen LogP contribution in [0.4, 0.5) is 0 Å². The number of hydrogen-bond donors (Lipinski definition) is 6. The van der Waals surface area contributed by atoms with E-state index in [1.165, 1.54) is 25.0 Å². The third kappa shape index (κ3) is 15.3. The van der Waals surface area contributed by atoms with Gasteiger partial charge in [0.1, 0.15) is 24.4 Å². The van der Waals surface area contributed by atoms with Crippen LogP contribution >= 0.6 is 21.6 Å². The lowest BCUT2D eigenvalue weighted by Gasteiger charge is -2.40. The lowest BCUT2D eigenvalue weighted by molar-refractivity contribution is -0.253. The van der Waals surface area contributed by atoms with Gasteiger partial charge in [0.15, 0.2) is 12.0 Å². The molecule has 2 fully saturated rings. The van der Waals surface area contributed by atoms with Crippen LogP contribution < -0.4 is 23.1 Å². The Morgan fingerprint density at radius 1 is 0.850 bits per heavy atom. The number of rotatable bonds is 23. The highest BCUT2D eigenvalue weighted by atomic mass is 35.5. The second-order valence-corrected chi connectivity index (χ2v) is 12.2. The lowest BCUT2D eigenvalue weighted by atomic mass is 9.80. The van der Waals surface area contributed by atoms with E-state index in [0.29, 0.717) is 52.2 Å². The molecular formula is C25H47ClN2O10S2. The first-order valence-electron chi connectivity index (χ1n) is 13.7. The Labute approximate surface area is 250 Å². The van der Waals surface area contributed by atoms with Crippen molar-refractivity contribution < 1.29 is 66.7 Å². The molecule has 40 heavy (non-hydrogen) atoms. The molecule has 7 N–H and O–H groups in total. The van der Waals surface area contributed by atoms with Gasteiger partial charge in [-0.2, -0.15) is 0 Å². The molecule has 2 rings (SSSR count). The number of carbonyl (C=O) groups excluding carboxylic acids is 1. The number of nitrogens with two attached hydrogens (primary N) is 1. The lowest BCUT2D eigenvalue weighted by Crippen LogP contribution is -3.00. The van der Waals surface area contributed by atoms with Crippen LogP contribution in [0.5, 0.6) is 0 Å². The molecule has 15 heteroatoms. The molecule has 1 amide bonds. The zero-order valence-electron chi connectivity index (χ0n) is 23.0. The first-order valence-corrected chi connectivity index (χ1v) is 16.2. The maximum Gasteiger partial charge on any atom is 0.222 e. The van der Waals surface area contributed by atoms with Gasteiger partial charge in [-0.15, -0.1) is 0 Å². The van der Waals surface area contributed by atoms with Gasteiger partial charge < -0.3 is 61.8 Å². The van der Waals surface area contributed by atoms with E-state index in [1.54, 1.807) is 0 Å². The minimum Gasteiger partial charge on any atom is -1.00 e. The van der Waals surface area contributed by atoms with Crippen molar-refractivity contribution in [2.24, 2.45) is 5.92 Å². The predicted octanol–water partition coefficient (Wildman–Crippen LogP) is -4.48. The van der Waals surface area contributed by atoms with Crippen LogP contribution in [0.15, 0.2) is 0 Å². The highest BCUT2D eigenvalue weighted by molar-refractivity contribution is 8.76. The van der Waals surface area contributed by atoms with Gasteiger partial charge >= 0.3 is 0 Å². The van der Waals surface area contributed by atoms with E-state index in [9.17, 15) is 20.1 Å². The Morgan fingerprint density at radius 3 is 2.00 bits per heavy atom. The zero-order valence-corrected chi connectivity index (χ0v) is 25.4. The van der Waals surface area contributed by atoms with E-state index >= 15 is 0 Å². The van der Waals surface area contributed by atoms with Crippen molar-refractivity contribution in [3.63, 3.8) is 0 Å². The van der Waals surface area contributed by atoms with Crippen LogP contribution in [0.3, 0.4) is 0 Å². The van der Waals surface area contributed by atoms with Gasteiger partial charge in [0, 0.05) is 30.3 Å². The van der Waals surface area contributed by atoms with Crippen molar-refractivity contribution in [3.8, 4) is 0 Å². The first-order chi connectivity index (χ1) is 18.9. The molecule has 0 aromatic heterocycles. The Kier molecular flexibility index (Phi) is 22.0. The maximum absolute atomic E-state index is 12.0. The van der Waals surface area contributed by atoms with Gasteiger partial charge in [-0.05, 0) is 19.3 Å².